The number of carbonyl (C=O) groups is 8. The van der Waals surface area contributed by atoms with Crippen molar-refractivity contribution in [3.05, 3.63) is 0 Å². The molecule has 0 radical (unpaired) electrons. The largest absolute Gasteiger partial charge is 0.370 e. The Morgan fingerprint density at radius 2 is 0.613 bits per heavy atom. The maximum absolute atomic E-state index is 14.4. The molecule has 0 saturated heterocycles. The second-order valence-electron chi connectivity index (χ2n) is 19.2. The molecule has 0 spiro atoms. The van der Waals surface area contributed by atoms with Crippen molar-refractivity contribution in [3.63, 3.8) is 0 Å². The molecule has 0 aliphatic rings. The van der Waals surface area contributed by atoms with Crippen LogP contribution in [0.15, 0.2) is 20.0 Å². The molecule has 29 nitrogen and oxygen atoms in total. The van der Waals surface area contributed by atoms with E-state index in [9.17, 15) is 38.4 Å². The fourth-order valence-electron chi connectivity index (χ4n) is 7.28. The third kappa shape index (κ3) is 31.9. The van der Waals surface area contributed by atoms with E-state index in [0.29, 0.717) is 38.8 Å². The number of amides is 8. The number of unbranched alkanes of at least 4 members (excludes halogenated alkanes) is 1. The molecule has 0 heterocycles. The number of hydrogen-bond donors (Lipinski definition) is 17. The van der Waals surface area contributed by atoms with Gasteiger partial charge in [0.25, 0.3) is 0 Å². The van der Waals surface area contributed by atoms with Crippen molar-refractivity contribution in [3.8, 4) is 0 Å². The molecule has 27 N–H and O–H groups in total. The first kappa shape index (κ1) is 67.8. The molecule has 0 aromatic rings. The number of rotatable bonds is 39. The number of aliphatic imine (C=N–C) groups is 4. The van der Waals surface area contributed by atoms with Crippen LogP contribution in [-0.4, -0.2) is 146 Å². The highest BCUT2D eigenvalue weighted by molar-refractivity contribution is 5.97. The smallest absolute Gasteiger partial charge is 0.243 e. The molecule has 0 aromatic heterocycles. The van der Waals surface area contributed by atoms with E-state index < -0.39 is 95.5 Å². The predicted octanol–water partition coefficient (Wildman–Crippen LogP) is -5.04. The van der Waals surface area contributed by atoms with Gasteiger partial charge in [-0.2, -0.15) is 0 Å². The lowest BCUT2D eigenvalue weighted by molar-refractivity contribution is -0.136. The van der Waals surface area contributed by atoms with Crippen LogP contribution in [0, 0.1) is 17.8 Å². The van der Waals surface area contributed by atoms with Crippen LogP contribution in [0.1, 0.15) is 125 Å². The Balaban J connectivity index is 7.06. The van der Waals surface area contributed by atoms with E-state index >= 15 is 0 Å². The maximum atomic E-state index is 14.4. The van der Waals surface area contributed by atoms with Gasteiger partial charge >= 0.3 is 0 Å². The van der Waals surface area contributed by atoms with Crippen LogP contribution in [0.5, 0.6) is 0 Å². The number of nitrogens with zero attached hydrogens (tertiary/aromatic N) is 4. The normalized spacial score (nSPS) is 14.1. The molecule has 0 rings (SSSR count). The molecule has 8 amide bonds. The van der Waals surface area contributed by atoms with Gasteiger partial charge in [0, 0.05) is 32.1 Å². The Bertz CT molecular complexity index is 1930. The SMILES string of the molecule is CC(C)C[C@H](NC(=O)[C@H](CC(C)C)NC(=O)[C@H](CCCN=C(N)N)NC(=O)[C@H](CCCN=C(N)N)NC(=O)[C@H](CCCN=C(N)N)NC(=O)[C@H](CCCCN)NC(=O)[C@@H](C)CCCN=C(N)N)C(=O)N[C@@H](C)C(N)=O. The summed E-state index contributed by atoms with van der Waals surface area (Å²) < 4.78 is 0. The maximum Gasteiger partial charge on any atom is 0.243 e. The van der Waals surface area contributed by atoms with Crippen LogP contribution >= 0.6 is 0 Å². The molecule has 0 bridgehead atoms. The first-order chi connectivity index (χ1) is 35.2. The van der Waals surface area contributed by atoms with E-state index in [1.165, 1.54) is 6.92 Å². The number of guanidine groups is 4. The molecule has 8 atom stereocenters. The van der Waals surface area contributed by atoms with E-state index in [0.717, 1.165) is 0 Å². The average molecular weight is 1070 g/mol. The number of nitrogens with one attached hydrogen (secondary N) is 7. The topological polar surface area (TPSA) is 530 Å². The molecular formula is C46H91N21O8. The first-order valence-electron chi connectivity index (χ1n) is 25.5. The standard InChI is InChI=1S/C46H91N21O8/c1-25(2)23-33(41(74)61-28(6)35(48)68)67-42(75)34(24-26(3)4)66-40(73)32(17-12-22-60-46(55)56)65-39(72)31(16-11-21-59-45(53)54)64-38(71)30(15-10-20-58-44(51)52)63-37(70)29(14-7-8-18-47)62-36(69)27(5)13-9-19-57-43(49)50/h25-34H,7-24,47H2,1-6H3,(H2,48,68)(H,61,74)(H,62,69)(H,63,70)(H,64,71)(H,65,72)(H,66,73)(H,67,75)(H4,49,50,57)(H4,51,52,58)(H4,53,54,59)(H4,55,56,60)/t27-,28-,29-,30-,31-,32-,33-,34-/m0/s1. The van der Waals surface area contributed by atoms with Crippen LogP contribution in [-0.2, 0) is 38.4 Å². The molecule has 0 fully saturated rings. The van der Waals surface area contributed by atoms with E-state index in [2.05, 4.69) is 57.2 Å². The van der Waals surface area contributed by atoms with Gasteiger partial charge in [0.1, 0.15) is 42.3 Å². The summed E-state index contributed by atoms with van der Waals surface area (Å²) in [5, 5.41) is 18.9. The van der Waals surface area contributed by atoms with Crippen molar-refractivity contribution in [2.75, 3.05) is 32.7 Å². The van der Waals surface area contributed by atoms with Crippen molar-refractivity contribution in [1.29, 1.82) is 0 Å². The van der Waals surface area contributed by atoms with Crippen molar-refractivity contribution >= 4 is 71.1 Å². The Morgan fingerprint density at radius 3 is 0.907 bits per heavy atom. The van der Waals surface area contributed by atoms with Crippen LogP contribution in [0.2, 0.25) is 0 Å². The average Bonchev–Trinajstić information content (AvgIpc) is 3.31. The Kier molecular flexibility index (Phi) is 33.9. The number of primary amides is 1. The number of carbonyl (C=O) groups excluding carboxylic acids is 8. The van der Waals surface area contributed by atoms with Crippen LogP contribution in [0.4, 0.5) is 0 Å². The quantitative estimate of drug-likeness (QED) is 0.0156. The molecule has 29 heteroatoms. The van der Waals surface area contributed by atoms with Crippen molar-refractivity contribution < 1.29 is 38.4 Å². The van der Waals surface area contributed by atoms with Gasteiger partial charge < -0.3 is 94.6 Å². The summed E-state index contributed by atoms with van der Waals surface area (Å²) in [7, 11) is 0. The van der Waals surface area contributed by atoms with Gasteiger partial charge in [-0.15, -0.1) is 0 Å². The van der Waals surface area contributed by atoms with Gasteiger partial charge in [0.2, 0.25) is 47.3 Å². The fraction of sp³-hybridized carbons (Fsp3) is 0.739. The second kappa shape index (κ2) is 37.5. The first-order valence-corrected chi connectivity index (χ1v) is 25.5. The molecule has 428 valence electrons. The molecule has 0 aromatic carbocycles. The van der Waals surface area contributed by atoms with Crippen molar-refractivity contribution in [2.45, 2.75) is 167 Å². The summed E-state index contributed by atoms with van der Waals surface area (Å²) in [6.07, 6.45) is 2.73. The molecule has 0 aliphatic heterocycles. The lowest BCUT2D eigenvalue weighted by atomic mass is 9.99. The monoisotopic (exact) mass is 1070 g/mol. The second-order valence-corrected chi connectivity index (χ2v) is 19.2. The van der Waals surface area contributed by atoms with Crippen molar-refractivity contribution in [1.82, 2.24) is 37.2 Å². The summed E-state index contributed by atoms with van der Waals surface area (Å²) in [6.45, 7) is 11.2. The van der Waals surface area contributed by atoms with Crippen LogP contribution in [0.25, 0.3) is 0 Å². The van der Waals surface area contributed by atoms with E-state index in [1.54, 1.807) is 6.92 Å². The third-order valence-electron chi connectivity index (χ3n) is 11.3. The van der Waals surface area contributed by atoms with Gasteiger partial charge in [0.05, 0.1) is 0 Å². The minimum atomic E-state index is -1.37. The summed E-state index contributed by atoms with van der Waals surface area (Å²) in [5.41, 5.74) is 55.2. The van der Waals surface area contributed by atoms with E-state index in [4.69, 9.17) is 57.3 Å². The molecule has 0 unspecified atom stereocenters. The van der Waals surface area contributed by atoms with Gasteiger partial charge in [-0.1, -0.05) is 34.6 Å². The van der Waals surface area contributed by atoms with E-state index in [-0.39, 0.29) is 113 Å². The lowest BCUT2D eigenvalue weighted by Crippen LogP contribution is -2.60. The fourth-order valence-corrected chi connectivity index (χ4v) is 7.28. The Morgan fingerprint density at radius 1 is 0.347 bits per heavy atom. The molecule has 0 saturated carbocycles. The highest BCUT2D eigenvalue weighted by Gasteiger charge is 2.34. The van der Waals surface area contributed by atoms with Crippen molar-refractivity contribution in [2.24, 2.45) is 95.1 Å². The lowest BCUT2D eigenvalue weighted by Gasteiger charge is -2.28. The molecule has 75 heavy (non-hydrogen) atoms. The van der Waals surface area contributed by atoms with Gasteiger partial charge in [-0.05, 0) is 109 Å². The zero-order valence-electron chi connectivity index (χ0n) is 44.8. The highest BCUT2D eigenvalue weighted by atomic mass is 16.2. The van der Waals surface area contributed by atoms with E-state index in [1.807, 2.05) is 27.7 Å². The zero-order valence-corrected chi connectivity index (χ0v) is 44.8. The van der Waals surface area contributed by atoms with Gasteiger partial charge in [-0.25, -0.2) is 0 Å². The summed E-state index contributed by atoms with van der Waals surface area (Å²) in [5.74, 6) is -7.13. The van der Waals surface area contributed by atoms with Crippen LogP contribution < -0.4 is 94.6 Å². The molecule has 0 aliphatic carbocycles. The Hall–Kier alpha value is -7.20. The van der Waals surface area contributed by atoms with Gasteiger partial charge in [0.15, 0.2) is 23.8 Å². The number of hydrogen-bond acceptors (Lipinski definition) is 13. The van der Waals surface area contributed by atoms with Crippen LogP contribution in [0.3, 0.4) is 0 Å². The minimum absolute atomic E-state index is 0.0274. The minimum Gasteiger partial charge on any atom is -0.370 e. The predicted molar refractivity (Wildman–Crippen MR) is 289 cm³/mol. The summed E-state index contributed by atoms with van der Waals surface area (Å²) >= 11 is 0. The van der Waals surface area contributed by atoms with Gasteiger partial charge in [-0.3, -0.25) is 58.3 Å². The third-order valence-corrected chi connectivity index (χ3v) is 11.3. The summed E-state index contributed by atoms with van der Waals surface area (Å²) in [4.78, 5) is 125. The number of nitrogens with two attached hydrogens (primary N) is 10. The summed E-state index contributed by atoms with van der Waals surface area (Å²) in [6, 6.07) is -8.46. The highest BCUT2D eigenvalue weighted by Crippen LogP contribution is 2.13. The Labute approximate surface area is 440 Å². The molecular weight excluding hydrogens is 975 g/mol. The zero-order chi connectivity index (χ0) is 57.2.